The Morgan fingerprint density at radius 2 is 1.54 bits per heavy atom. The van der Waals surface area contributed by atoms with E-state index in [4.69, 9.17) is 0 Å². The Kier molecular flexibility index (Phi) is 3.59. The van der Waals surface area contributed by atoms with Gasteiger partial charge in [0, 0.05) is 24.2 Å². The number of carbonyl (C=O) groups is 2. The molecule has 1 atom stereocenters. The highest BCUT2D eigenvalue weighted by Crippen LogP contribution is 2.40. The van der Waals surface area contributed by atoms with Crippen molar-refractivity contribution < 1.29 is 9.59 Å². The van der Waals surface area contributed by atoms with Crippen molar-refractivity contribution in [2.24, 2.45) is 0 Å². The van der Waals surface area contributed by atoms with E-state index in [-0.39, 0.29) is 30.2 Å². The number of para-hydroxylation sites is 1. The van der Waals surface area contributed by atoms with Crippen LogP contribution in [0.1, 0.15) is 41.9 Å². The van der Waals surface area contributed by atoms with Gasteiger partial charge in [0.1, 0.15) is 0 Å². The Balaban J connectivity index is 1.46. The summed E-state index contributed by atoms with van der Waals surface area (Å²) in [5.41, 5.74) is 4.46. The van der Waals surface area contributed by atoms with E-state index < -0.39 is 0 Å². The highest BCUT2D eigenvalue weighted by atomic mass is 16.2. The second-order valence-electron chi connectivity index (χ2n) is 7.70. The maximum atomic E-state index is 13.6. The van der Waals surface area contributed by atoms with Crippen LogP contribution in [-0.2, 0) is 22.4 Å². The third-order valence-corrected chi connectivity index (χ3v) is 5.92. The zero-order valence-electron chi connectivity index (χ0n) is 14.7. The third-order valence-electron chi connectivity index (χ3n) is 5.92. The molecule has 1 heterocycles. The van der Waals surface area contributed by atoms with Gasteiger partial charge >= 0.3 is 0 Å². The van der Waals surface area contributed by atoms with Crippen LogP contribution in [0.5, 0.6) is 0 Å². The number of fused-ring (bicyclic) bond motifs is 2. The van der Waals surface area contributed by atoms with Gasteiger partial charge in [-0.1, -0.05) is 42.5 Å². The zero-order chi connectivity index (χ0) is 17.7. The quantitative estimate of drug-likeness (QED) is 0.927. The summed E-state index contributed by atoms with van der Waals surface area (Å²) in [6.07, 6.45) is 4.27. The van der Waals surface area contributed by atoms with E-state index in [1.165, 1.54) is 11.1 Å². The summed E-state index contributed by atoms with van der Waals surface area (Å²) in [4.78, 5) is 27.9. The van der Waals surface area contributed by atoms with Crippen LogP contribution < -0.4 is 5.32 Å². The van der Waals surface area contributed by atoms with Crippen molar-refractivity contribution in [1.82, 2.24) is 4.90 Å². The van der Waals surface area contributed by atoms with Gasteiger partial charge in [0.05, 0.1) is 5.92 Å². The molecule has 2 aromatic rings. The summed E-state index contributed by atoms with van der Waals surface area (Å²) in [7, 11) is 0. The molecule has 132 valence electrons. The van der Waals surface area contributed by atoms with Gasteiger partial charge in [0.15, 0.2) is 0 Å². The number of hydrogen-bond acceptors (Lipinski definition) is 2. The number of carbonyl (C=O) groups excluding carboxylic acids is 2. The highest BCUT2D eigenvalue weighted by Gasteiger charge is 2.43. The lowest BCUT2D eigenvalue weighted by atomic mass is 9.88. The summed E-state index contributed by atoms with van der Waals surface area (Å²) in [6, 6.07) is 16.8. The number of nitrogens with one attached hydrogen (secondary N) is 1. The molecule has 4 nitrogen and oxygen atoms in total. The molecule has 5 rings (SSSR count). The van der Waals surface area contributed by atoms with E-state index in [1.54, 1.807) is 0 Å². The van der Waals surface area contributed by atoms with Crippen molar-refractivity contribution in [1.29, 1.82) is 0 Å². The monoisotopic (exact) mass is 346 g/mol. The summed E-state index contributed by atoms with van der Waals surface area (Å²) in [6.45, 7) is 0. The van der Waals surface area contributed by atoms with Gasteiger partial charge in [0.2, 0.25) is 11.8 Å². The lowest BCUT2D eigenvalue weighted by molar-refractivity contribution is -0.137. The normalized spacial score (nSPS) is 21.7. The smallest absolute Gasteiger partial charge is 0.231 e. The van der Waals surface area contributed by atoms with Gasteiger partial charge in [-0.05, 0) is 48.4 Å². The largest absolute Gasteiger partial charge is 0.336 e. The SMILES string of the molecule is O=C1CC(C(=O)N(C2CC2)C2Cc3ccccc3C2)c2ccccc2N1. The van der Waals surface area contributed by atoms with E-state index in [0.717, 1.165) is 36.9 Å². The minimum absolute atomic E-state index is 0.0625. The molecule has 0 saturated heterocycles. The van der Waals surface area contributed by atoms with Crippen molar-refractivity contribution >= 4 is 17.5 Å². The van der Waals surface area contributed by atoms with E-state index >= 15 is 0 Å². The predicted molar refractivity (Wildman–Crippen MR) is 99.9 cm³/mol. The molecule has 0 spiro atoms. The predicted octanol–water partition coefficient (Wildman–Crippen LogP) is 3.27. The minimum Gasteiger partial charge on any atom is -0.336 e. The fourth-order valence-electron chi connectivity index (χ4n) is 4.55. The van der Waals surface area contributed by atoms with Crippen LogP contribution in [-0.4, -0.2) is 28.8 Å². The van der Waals surface area contributed by atoms with Crippen LogP contribution in [0.4, 0.5) is 5.69 Å². The number of rotatable bonds is 3. The number of hydrogen-bond donors (Lipinski definition) is 1. The Hall–Kier alpha value is -2.62. The van der Waals surface area contributed by atoms with Crippen LogP contribution in [0, 0.1) is 0 Å². The third kappa shape index (κ3) is 2.61. The van der Waals surface area contributed by atoms with E-state index in [1.807, 2.05) is 24.3 Å². The lowest BCUT2D eigenvalue weighted by Crippen LogP contribution is -2.46. The molecule has 1 N–H and O–H groups in total. The van der Waals surface area contributed by atoms with Crippen LogP contribution in [0.3, 0.4) is 0 Å². The molecule has 26 heavy (non-hydrogen) atoms. The van der Waals surface area contributed by atoms with Gasteiger partial charge in [-0.25, -0.2) is 0 Å². The molecule has 0 bridgehead atoms. The van der Waals surface area contributed by atoms with E-state index in [2.05, 4.69) is 34.5 Å². The van der Waals surface area contributed by atoms with Gasteiger partial charge in [-0.15, -0.1) is 0 Å². The molecular formula is C22H22N2O2. The molecule has 1 saturated carbocycles. The van der Waals surface area contributed by atoms with Crippen LogP contribution in [0.25, 0.3) is 0 Å². The van der Waals surface area contributed by atoms with Gasteiger partial charge in [-0.3, -0.25) is 9.59 Å². The van der Waals surface area contributed by atoms with Crippen molar-refractivity contribution in [3.8, 4) is 0 Å². The molecule has 2 aliphatic carbocycles. The Labute approximate surface area is 153 Å². The maximum Gasteiger partial charge on any atom is 0.231 e. The van der Waals surface area contributed by atoms with Gasteiger partial charge in [-0.2, -0.15) is 0 Å². The molecule has 1 unspecified atom stereocenters. The van der Waals surface area contributed by atoms with Crippen molar-refractivity contribution in [3.63, 3.8) is 0 Å². The fourth-order valence-corrected chi connectivity index (χ4v) is 4.55. The first-order chi connectivity index (χ1) is 12.7. The molecular weight excluding hydrogens is 324 g/mol. The average Bonchev–Trinajstić information content (AvgIpc) is 3.38. The van der Waals surface area contributed by atoms with E-state index in [9.17, 15) is 9.59 Å². The second-order valence-corrected chi connectivity index (χ2v) is 7.70. The Morgan fingerprint density at radius 1 is 0.885 bits per heavy atom. The Morgan fingerprint density at radius 3 is 2.23 bits per heavy atom. The first-order valence-corrected chi connectivity index (χ1v) is 9.48. The van der Waals surface area contributed by atoms with Crippen LogP contribution >= 0.6 is 0 Å². The summed E-state index contributed by atoms with van der Waals surface area (Å²) in [5.74, 6) is -0.288. The van der Waals surface area contributed by atoms with Crippen LogP contribution in [0.2, 0.25) is 0 Å². The zero-order valence-corrected chi connectivity index (χ0v) is 14.7. The van der Waals surface area contributed by atoms with Gasteiger partial charge < -0.3 is 10.2 Å². The minimum atomic E-state index is -0.357. The topological polar surface area (TPSA) is 49.4 Å². The molecule has 2 amide bonds. The highest BCUT2D eigenvalue weighted by molar-refractivity contribution is 6.01. The number of anilines is 1. The number of benzene rings is 2. The molecule has 2 aromatic carbocycles. The summed E-state index contributed by atoms with van der Waals surface area (Å²) < 4.78 is 0. The van der Waals surface area contributed by atoms with E-state index in [0.29, 0.717) is 6.04 Å². The lowest BCUT2D eigenvalue weighted by Gasteiger charge is -2.34. The first-order valence-electron chi connectivity index (χ1n) is 9.48. The van der Waals surface area contributed by atoms with Crippen molar-refractivity contribution in [2.45, 2.75) is 50.1 Å². The van der Waals surface area contributed by atoms with Crippen molar-refractivity contribution in [3.05, 3.63) is 65.2 Å². The molecule has 1 fully saturated rings. The second kappa shape index (κ2) is 5.97. The molecule has 4 heteroatoms. The average molecular weight is 346 g/mol. The summed E-state index contributed by atoms with van der Waals surface area (Å²) >= 11 is 0. The first kappa shape index (κ1) is 15.6. The summed E-state index contributed by atoms with van der Waals surface area (Å²) in [5, 5.41) is 2.90. The van der Waals surface area contributed by atoms with Crippen molar-refractivity contribution in [2.75, 3.05) is 5.32 Å². The number of nitrogens with zero attached hydrogens (tertiary/aromatic N) is 1. The molecule has 0 radical (unpaired) electrons. The Bertz CT molecular complexity index is 862. The van der Waals surface area contributed by atoms with Crippen LogP contribution in [0.15, 0.2) is 48.5 Å². The molecule has 3 aliphatic rings. The standard InChI is InChI=1S/C22H22N2O2/c25-21-13-19(18-7-3-4-8-20(18)23-21)22(26)24(16-9-10-16)17-11-14-5-1-2-6-15(14)12-17/h1-8,16-17,19H,9-13H2,(H,23,25). The van der Waals surface area contributed by atoms with Gasteiger partial charge in [0.25, 0.3) is 0 Å². The fraction of sp³-hybridized carbons (Fsp3) is 0.364. The molecule has 0 aromatic heterocycles. The molecule has 1 aliphatic heterocycles. The number of amides is 2. The maximum absolute atomic E-state index is 13.6.